The SMILES string of the molecule is CCOC(=O)CCN(C)C(=O)/C=C/c1cnc2ccccn12. The van der Waals surface area contributed by atoms with E-state index in [4.69, 9.17) is 4.74 Å². The number of nitrogens with zero attached hydrogens (tertiary/aromatic N) is 3. The van der Waals surface area contributed by atoms with Gasteiger partial charge in [0.25, 0.3) is 0 Å². The number of ether oxygens (including phenoxy) is 1. The first-order valence-electron chi connectivity index (χ1n) is 7.12. The van der Waals surface area contributed by atoms with Crippen molar-refractivity contribution >= 4 is 23.6 Å². The molecule has 0 bridgehead atoms. The second-order valence-corrected chi connectivity index (χ2v) is 4.76. The van der Waals surface area contributed by atoms with Crippen LogP contribution in [-0.4, -0.2) is 46.4 Å². The normalized spacial score (nSPS) is 11.0. The molecule has 0 unspecified atom stereocenters. The molecule has 2 aromatic rings. The first kappa shape index (κ1) is 15.8. The van der Waals surface area contributed by atoms with Gasteiger partial charge in [0.2, 0.25) is 5.91 Å². The van der Waals surface area contributed by atoms with E-state index in [-0.39, 0.29) is 18.3 Å². The Morgan fingerprint density at radius 2 is 2.23 bits per heavy atom. The molecule has 0 N–H and O–H groups in total. The maximum atomic E-state index is 12.0. The summed E-state index contributed by atoms with van der Waals surface area (Å²) in [4.78, 5) is 29.0. The molecule has 2 aromatic heterocycles. The molecule has 1 amide bonds. The van der Waals surface area contributed by atoms with Crippen molar-refractivity contribution in [1.82, 2.24) is 14.3 Å². The maximum absolute atomic E-state index is 12.0. The van der Waals surface area contributed by atoms with E-state index < -0.39 is 0 Å². The Morgan fingerprint density at radius 3 is 3.00 bits per heavy atom. The minimum Gasteiger partial charge on any atom is -0.466 e. The van der Waals surface area contributed by atoms with E-state index in [2.05, 4.69) is 4.98 Å². The molecular formula is C16H19N3O3. The number of aromatic nitrogens is 2. The van der Waals surface area contributed by atoms with Gasteiger partial charge >= 0.3 is 5.97 Å². The van der Waals surface area contributed by atoms with Gasteiger partial charge in [-0.25, -0.2) is 4.98 Å². The number of amides is 1. The molecule has 0 saturated heterocycles. The van der Waals surface area contributed by atoms with Crippen molar-refractivity contribution in [3.8, 4) is 0 Å². The van der Waals surface area contributed by atoms with E-state index in [1.807, 2.05) is 28.8 Å². The minimum absolute atomic E-state index is 0.171. The van der Waals surface area contributed by atoms with E-state index in [0.29, 0.717) is 13.2 Å². The van der Waals surface area contributed by atoms with Gasteiger partial charge < -0.3 is 14.0 Å². The van der Waals surface area contributed by atoms with Crippen LogP contribution in [0, 0.1) is 0 Å². The van der Waals surface area contributed by atoms with E-state index in [1.165, 1.54) is 11.0 Å². The van der Waals surface area contributed by atoms with Gasteiger partial charge in [0, 0.05) is 25.9 Å². The van der Waals surface area contributed by atoms with Crippen LogP contribution in [0.2, 0.25) is 0 Å². The number of hydrogen-bond acceptors (Lipinski definition) is 4. The fourth-order valence-electron chi connectivity index (χ4n) is 1.96. The average Bonchev–Trinajstić information content (AvgIpc) is 2.94. The third kappa shape index (κ3) is 3.94. The molecule has 0 aliphatic rings. The summed E-state index contributed by atoms with van der Waals surface area (Å²) in [5.41, 5.74) is 1.65. The fourth-order valence-corrected chi connectivity index (χ4v) is 1.96. The number of carbonyl (C=O) groups excluding carboxylic acids is 2. The molecule has 2 heterocycles. The Hall–Kier alpha value is -2.63. The van der Waals surface area contributed by atoms with Crippen LogP contribution in [-0.2, 0) is 14.3 Å². The molecule has 6 heteroatoms. The van der Waals surface area contributed by atoms with Gasteiger partial charge in [0.15, 0.2) is 0 Å². The van der Waals surface area contributed by atoms with Crippen molar-refractivity contribution in [3.63, 3.8) is 0 Å². The minimum atomic E-state index is -0.298. The lowest BCUT2D eigenvalue weighted by Gasteiger charge is -2.14. The third-order valence-electron chi connectivity index (χ3n) is 3.18. The van der Waals surface area contributed by atoms with Gasteiger partial charge in [-0.2, -0.15) is 0 Å². The predicted molar refractivity (Wildman–Crippen MR) is 83.1 cm³/mol. The number of carbonyl (C=O) groups is 2. The monoisotopic (exact) mass is 301 g/mol. The molecule has 0 fully saturated rings. The molecule has 6 nitrogen and oxygen atoms in total. The second-order valence-electron chi connectivity index (χ2n) is 4.76. The van der Waals surface area contributed by atoms with Crippen molar-refractivity contribution in [3.05, 3.63) is 42.4 Å². The summed E-state index contributed by atoms with van der Waals surface area (Å²) in [5.74, 6) is -0.469. The average molecular weight is 301 g/mol. The highest BCUT2D eigenvalue weighted by Gasteiger charge is 2.09. The molecule has 22 heavy (non-hydrogen) atoms. The van der Waals surface area contributed by atoms with Gasteiger partial charge in [-0.3, -0.25) is 9.59 Å². The quantitative estimate of drug-likeness (QED) is 0.602. The zero-order valence-corrected chi connectivity index (χ0v) is 12.7. The lowest BCUT2D eigenvalue weighted by Crippen LogP contribution is -2.27. The van der Waals surface area contributed by atoms with Crippen molar-refractivity contribution in [2.24, 2.45) is 0 Å². The van der Waals surface area contributed by atoms with Gasteiger partial charge in [-0.15, -0.1) is 0 Å². The number of fused-ring (bicyclic) bond motifs is 1. The topological polar surface area (TPSA) is 63.9 Å². The van der Waals surface area contributed by atoms with Gasteiger partial charge in [-0.05, 0) is 25.1 Å². The molecule has 2 rings (SSSR count). The van der Waals surface area contributed by atoms with Crippen LogP contribution in [0.5, 0.6) is 0 Å². The van der Waals surface area contributed by atoms with Crippen LogP contribution >= 0.6 is 0 Å². The largest absolute Gasteiger partial charge is 0.466 e. The van der Waals surface area contributed by atoms with Crippen molar-refractivity contribution in [1.29, 1.82) is 0 Å². The number of pyridine rings is 1. The number of likely N-dealkylation sites (N-methyl/N-ethyl adjacent to an activating group) is 1. The summed E-state index contributed by atoms with van der Waals surface area (Å²) in [6.07, 6.45) is 6.97. The van der Waals surface area contributed by atoms with E-state index in [1.54, 1.807) is 26.2 Å². The molecule has 0 aliphatic heterocycles. The van der Waals surface area contributed by atoms with Crippen molar-refractivity contribution < 1.29 is 14.3 Å². The standard InChI is InChI=1S/C16H19N3O3/c1-3-22-16(21)9-11-18(2)15(20)8-7-13-12-17-14-6-4-5-10-19(13)14/h4-8,10,12H,3,9,11H2,1-2H3/b8-7+. The zero-order chi connectivity index (χ0) is 15.9. The van der Waals surface area contributed by atoms with Crippen LogP contribution in [0.1, 0.15) is 19.0 Å². The van der Waals surface area contributed by atoms with Crippen LogP contribution in [0.3, 0.4) is 0 Å². The van der Waals surface area contributed by atoms with Gasteiger partial charge in [-0.1, -0.05) is 6.07 Å². The first-order chi connectivity index (χ1) is 10.6. The Bertz CT molecular complexity index is 691. The van der Waals surface area contributed by atoms with Crippen molar-refractivity contribution in [2.45, 2.75) is 13.3 Å². The van der Waals surface area contributed by atoms with Gasteiger partial charge in [0.05, 0.1) is 24.9 Å². The third-order valence-corrected chi connectivity index (χ3v) is 3.18. The summed E-state index contributed by atoms with van der Waals surface area (Å²) in [6, 6.07) is 5.70. The van der Waals surface area contributed by atoms with Crippen LogP contribution in [0.25, 0.3) is 11.7 Å². The number of esters is 1. The molecule has 0 aromatic carbocycles. The number of hydrogen-bond donors (Lipinski definition) is 0. The summed E-state index contributed by atoms with van der Waals surface area (Å²) in [6.45, 7) is 2.44. The molecular weight excluding hydrogens is 282 g/mol. The van der Waals surface area contributed by atoms with E-state index in [0.717, 1.165) is 11.3 Å². The van der Waals surface area contributed by atoms with Gasteiger partial charge in [0.1, 0.15) is 5.65 Å². The second kappa shape index (κ2) is 7.40. The highest BCUT2D eigenvalue weighted by Crippen LogP contribution is 2.08. The van der Waals surface area contributed by atoms with E-state index >= 15 is 0 Å². The first-order valence-corrected chi connectivity index (χ1v) is 7.12. The lowest BCUT2D eigenvalue weighted by molar-refractivity contribution is -0.143. The maximum Gasteiger partial charge on any atom is 0.307 e. The Labute approximate surface area is 129 Å². The molecule has 116 valence electrons. The molecule has 0 spiro atoms. The van der Waals surface area contributed by atoms with Crippen LogP contribution in [0.15, 0.2) is 36.7 Å². The zero-order valence-electron chi connectivity index (χ0n) is 12.7. The summed E-state index contributed by atoms with van der Waals surface area (Å²) in [7, 11) is 1.65. The Morgan fingerprint density at radius 1 is 1.41 bits per heavy atom. The number of rotatable bonds is 6. The highest BCUT2D eigenvalue weighted by molar-refractivity contribution is 5.91. The summed E-state index contributed by atoms with van der Waals surface area (Å²) < 4.78 is 6.72. The molecule has 0 saturated carbocycles. The summed E-state index contributed by atoms with van der Waals surface area (Å²) >= 11 is 0. The Balaban J connectivity index is 1.94. The van der Waals surface area contributed by atoms with Crippen LogP contribution in [0.4, 0.5) is 0 Å². The number of imidazole rings is 1. The molecule has 0 atom stereocenters. The van der Waals surface area contributed by atoms with E-state index in [9.17, 15) is 9.59 Å². The fraction of sp³-hybridized carbons (Fsp3) is 0.312. The molecule has 0 aliphatic carbocycles. The van der Waals surface area contributed by atoms with Crippen LogP contribution < -0.4 is 0 Å². The van der Waals surface area contributed by atoms with Crippen molar-refractivity contribution in [2.75, 3.05) is 20.2 Å². The Kier molecular flexibility index (Phi) is 5.30. The predicted octanol–water partition coefficient (Wildman–Crippen LogP) is 1.76. The highest BCUT2D eigenvalue weighted by atomic mass is 16.5. The lowest BCUT2D eigenvalue weighted by atomic mass is 10.3. The smallest absolute Gasteiger partial charge is 0.307 e. The molecule has 0 radical (unpaired) electrons. The summed E-state index contributed by atoms with van der Waals surface area (Å²) in [5, 5.41) is 0.